The zero-order valence-corrected chi connectivity index (χ0v) is 18.8. The maximum atomic E-state index is 5.92. The van der Waals surface area contributed by atoms with E-state index >= 15 is 0 Å². The Bertz CT molecular complexity index is 867. The van der Waals surface area contributed by atoms with E-state index in [0.717, 1.165) is 23.8 Å². The van der Waals surface area contributed by atoms with Crippen LogP contribution in [0.15, 0.2) is 30.5 Å². The maximum absolute atomic E-state index is 5.92. The lowest BCUT2D eigenvalue weighted by Gasteiger charge is -2.40. The summed E-state index contributed by atoms with van der Waals surface area (Å²) in [6, 6.07) is 8.78. The molecule has 0 bridgehead atoms. The van der Waals surface area contributed by atoms with Gasteiger partial charge in [-0.25, -0.2) is 0 Å². The molecule has 2 aromatic rings. The number of benzene rings is 1. The highest BCUT2D eigenvalue weighted by Crippen LogP contribution is 2.43. The van der Waals surface area contributed by atoms with E-state index < -0.39 is 0 Å². The molecule has 0 unspecified atom stereocenters. The molecule has 1 fully saturated rings. The summed E-state index contributed by atoms with van der Waals surface area (Å²) in [5, 5.41) is 4.48. The van der Waals surface area contributed by atoms with Crippen molar-refractivity contribution in [2.24, 2.45) is 0 Å². The van der Waals surface area contributed by atoms with E-state index in [0.29, 0.717) is 23.3 Å². The SMILES string of the molecule is COc1cc([C@H]2c3cccn3CCN2C(=S)NC2CCCCC2)cc(OC)c1OC. The molecule has 30 heavy (non-hydrogen) atoms. The summed E-state index contributed by atoms with van der Waals surface area (Å²) in [7, 11) is 4.93. The van der Waals surface area contributed by atoms with Gasteiger partial charge in [0.05, 0.1) is 27.4 Å². The molecule has 1 aromatic carbocycles. The van der Waals surface area contributed by atoms with Crippen LogP contribution in [0.1, 0.15) is 49.4 Å². The van der Waals surface area contributed by atoms with Gasteiger partial charge in [0, 0.05) is 31.0 Å². The van der Waals surface area contributed by atoms with Gasteiger partial charge in [-0.05, 0) is 54.9 Å². The minimum Gasteiger partial charge on any atom is -0.493 e. The molecule has 6 nitrogen and oxygen atoms in total. The predicted octanol–water partition coefficient (Wildman–Crippen LogP) is 4.13. The Hall–Kier alpha value is -2.41. The highest BCUT2D eigenvalue weighted by molar-refractivity contribution is 7.80. The van der Waals surface area contributed by atoms with Crippen LogP contribution < -0.4 is 19.5 Å². The van der Waals surface area contributed by atoms with Crippen LogP contribution in [-0.4, -0.2) is 48.5 Å². The average molecular weight is 430 g/mol. The first-order valence-corrected chi connectivity index (χ1v) is 11.1. The summed E-state index contributed by atoms with van der Waals surface area (Å²) in [4.78, 5) is 2.31. The van der Waals surface area contributed by atoms with Crippen LogP contribution in [0.4, 0.5) is 0 Å². The topological polar surface area (TPSA) is 47.9 Å². The highest BCUT2D eigenvalue weighted by atomic mass is 32.1. The van der Waals surface area contributed by atoms with Crippen LogP contribution in [0.3, 0.4) is 0 Å². The summed E-state index contributed by atoms with van der Waals surface area (Å²) >= 11 is 5.92. The molecule has 0 radical (unpaired) electrons. The summed E-state index contributed by atoms with van der Waals surface area (Å²) < 4.78 is 19.1. The summed E-state index contributed by atoms with van der Waals surface area (Å²) in [5.74, 6) is 1.91. The van der Waals surface area contributed by atoms with E-state index in [1.54, 1.807) is 21.3 Å². The number of hydrogen-bond acceptors (Lipinski definition) is 4. The lowest BCUT2D eigenvalue weighted by atomic mass is 9.95. The number of fused-ring (bicyclic) bond motifs is 1. The first kappa shape index (κ1) is 20.8. The van der Waals surface area contributed by atoms with E-state index in [1.807, 2.05) is 12.1 Å². The monoisotopic (exact) mass is 429 g/mol. The van der Waals surface area contributed by atoms with E-state index in [-0.39, 0.29) is 6.04 Å². The molecule has 0 spiro atoms. The molecule has 1 saturated carbocycles. The summed E-state index contributed by atoms with van der Waals surface area (Å²) in [6.45, 7) is 1.76. The second-order valence-electron chi connectivity index (χ2n) is 7.97. The van der Waals surface area contributed by atoms with Crippen molar-refractivity contribution in [3.05, 3.63) is 41.7 Å². The third-order valence-corrected chi connectivity index (χ3v) is 6.59. The van der Waals surface area contributed by atoms with Gasteiger partial charge in [-0.2, -0.15) is 0 Å². The molecule has 1 atom stereocenters. The van der Waals surface area contributed by atoms with E-state index in [2.05, 4.69) is 33.1 Å². The highest BCUT2D eigenvalue weighted by Gasteiger charge is 2.33. The van der Waals surface area contributed by atoms with Crippen LogP contribution >= 0.6 is 12.2 Å². The Kier molecular flexibility index (Phi) is 6.37. The van der Waals surface area contributed by atoms with Gasteiger partial charge in [0.2, 0.25) is 5.75 Å². The Morgan fingerprint density at radius 1 is 1.00 bits per heavy atom. The molecule has 7 heteroatoms. The fraction of sp³-hybridized carbons (Fsp3) is 0.522. The van der Waals surface area contributed by atoms with Crippen molar-refractivity contribution in [3.8, 4) is 17.2 Å². The first-order chi connectivity index (χ1) is 14.7. The number of ether oxygens (including phenoxy) is 3. The maximum Gasteiger partial charge on any atom is 0.203 e. The van der Waals surface area contributed by atoms with Crippen molar-refractivity contribution in [1.29, 1.82) is 0 Å². The number of rotatable bonds is 5. The zero-order chi connectivity index (χ0) is 21.1. The van der Waals surface area contributed by atoms with Gasteiger partial charge in [0.1, 0.15) is 0 Å². The molecular weight excluding hydrogens is 398 g/mol. The van der Waals surface area contributed by atoms with Gasteiger partial charge in [0.25, 0.3) is 0 Å². The Morgan fingerprint density at radius 3 is 2.33 bits per heavy atom. The van der Waals surface area contributed by atoms with E-state index in [4.69, 9.17) is 26.4 Å². The summed E-state index contributed by atoms with van der Waals surface area (Å²) in [5.41, 5.74) is 2.28. The van der Waals surface area contributed by atoms with Crippen molar-refractivity contribution in [2.45, 2.75) is 50.7 Å². The van der Waals surface area contributed by atoms with Gasteiger partial charge in [0.15, 0.2) is 16.6 Å². The van der Waals surface area contributed by atoms with Gasteiger partial charge in [-0.3, -0.25) is 0 Å². The number of methoxy groups -OCH3 is 3. The normalized spacial score (nSPS) is 19.2. The second kappa shape index (κ2) is 9.16. The van der Waals surface area contributed by atoms with Crippen LogP contribution in [0.5, 0.6) is 17.2 Å². The molecule has 1 N–H and O–H groups in total. The van der Waals surface area contributed by atoms with Crippen LogP contribution in [0.2, 0.25) is 0 Å². The van der Waals surface area contributed by atoms with E-state index in [1.165, 1.54) is 37.8 Å². The van der Waals surface area contributed by atoms with Crippen molar-refractivity contribution < 1.29 is 14.2 Å². The molecule has 1 aromatic heterocycles. The predicted molar refractivity (Wildman–Crippen MR) is 122 cm³/mol. The third kappa shape index (κ3) is 3.95. The molecule has 2 aliphatic rings. The molecule has 2 heterocycles. The number of aromatic nitrogens is 1. The smallest absolute Gasteiger partial charge is 0.203 e. The lowest BCUT2D eigenvalue weighted by molar-refractivity contribution is 0.275. The number of hydrogen-bond donors (Lipinski definition) is 1. The van der Waals surface area contributed by atoms with Crippen molar-refractivity contribution in [2.75, 3.05) is 27.9 Å². The number of thiocarbonyl (C=S) groups is 1. The average Bonchev–Trinajstić information content (AvgIpc) is 3.26. The van der Waals surface area contributed by atoms with E-state index in [9.17, 15) is 0 Å². The number of nitrogens with one attached hydrogen (secondary N) is 1. The molecule has 0 saturated heterocycles. The summed E-state index contributed by atoms with van der Waals surface area (Å²) in [6.07, 6.45) is 8.41. The Balaban J connectivity index is 1.71. The number of nitrogens with zero attached hydrogens (tertiary/aromatic N) is 2. The van der Waals surface area contributed by atoms with Crippen LogP contribution in [0, 0.1) is 0 Å². The third-order valence-electron chi connectivity index (χ3n) is 6.23. The molecule has 0 amide bonds. The first-order valence-electron chi connectivity index (χ1n) is 10.7. The van der Waals surface area contributed by atoms with Crippen molar-refractivity contribution >= 4 is 17.3 Å². The van der Waals surface area contributed by atoms with Crippen LogP contribution in [0.25, 0.3) is 0 Å². The second-order valence-corrected chi connectivity index (χ2v) is 8.35. The van der Waals surface area contributed by atoms with Gasteiger partial charge < -0.3 is 29.0 Å². The Morgan fingerprint density at radius 2 is 1.70 bits per heavy atom. The molecular formula is C23H31N3O3S. The van der Waals surface area contributed by atoms with Crippen molar-refractivity contribution in [3.63, 3.8) is 0 Å². The van der Waals surface area contributed by atoms with Gasteiger partial charge >= 0.3 is 0 Å². The zero-order valence-electron chi connectivity index (χ0n) is 18.0. The lowest BCUT2D eigenvalue weighted by Crippen LogP contribution is -2.50. The van der Waals surface area contributed by atoms with Gasteiger partial charge in [-0.1, -0.05) is 19.3 Å². The minimum absolute atomic E-state index is 0.0222. The minimum atomic E-state index is -0.0222. The molecule has 4 rings (SSSR count). The van der Waals surface area contributed by atoms with Crippen molar-refractivity contribution in [1.82, 2.24) is 14.8 Å². The van der Waals surface area contributed by atoms with Crippen LogP contribution in [-0.2, 0) is 6.54 Å². The quantitative estimate of drug-likeness (QED) is 0.722. The fourth-order valence-electron chi connectivity index (χ4n) is 4.72. The molecule has 162 valence electrons. The molecule has 1 aliphatic carbocycles. The fourth-order valence-corrected chi connectivity index (χ4v) is 5.08. The largest absolute Gasteiger partial charge is 0.493 e. The molecule has 1 aliphatic heterocycles. The standard InChI is InChI=1S/C23H31N3O3S/c1-27-19-14-16(15-20(28-2)22(19)29-3)21-18-10-7-11-25(18)12-13-26(21)23(30)24-17-8-5-4-6-9-17/h7,10-11,14-15,17,21H,4-6,8-9,12-13H2,1-3H3,(H,24,30)/t21-/m0/s1. The van der Waals surface area contributed by atoms with Gasteiger partial charge in [-0.15, -0.1) is 0 Å². The Labute approximate surface area is 184 Å².